The summed E-state index contributed by atoms with van der Waals surface area (Å²) in [4.78, 5) is 20.2. The van der Waals surface area contributed by atoms with Gasteiger partial charge in [-0.05, 0) is 54.8 Å². The lowest BCUT2D eigenvalue weighted by molar-refractivity contribution is -0.0102. The fourth-order valence-electron chi connectivity index (χ4n) is 4.40. The second-order valence-corrected chi connectivity index (χ2v) is 11.4. The number of hydrogen-bond donors (Lipinski definition) is 2. The highest BCUT2D eigenvalue weighted by molar-refractivity contribution is 7.91. The van der Waals surface area contributed by atoms with Crippen molar-refractivity contribution in [1.29, 1.82) is 10.0 Å². The number of nitriles is 1. The number of carbonyl (C=O) groups is 1. The summed E-state index contributed by atoms with van der Waals surface area (Å²) in [7, 11) is -2.99. The molecule has 37 heavy (non-hydrogen) atoms. The minimum Gasteiger partial charge on any atom is -0.356 e. The number of benzene rings is 2. The SMILES string of the molecule is Cc1c(-c2ccc(C#N)cc2)cnc(N2CCCC(F)(F)CC2)c1C(=O)Nc1cccc(S(C)(=N)=O)c1. The molecule has 2 aromatic carbocycles. The van der Waals surface area contributed by atoms with Crippen LogP contribution in [0.1, 0.15) is 40.7 Å². The van der Waals surface area contributed by atoms with Gasteiger partial charge in [0.2, 0.25) is 5.92 Å². The molecule has 0 aliphatic carbocycles. The Morgan fingerprint density at radius 3 is 2.59 bits per heavy atom. The molecule has 10 heteroatoms. The molecule has 1 fully saturated rings. The number of anilines is 2. The second kappa shape index (κ2) is 10.3. The minimum atomic E-state index is -2.99. The lowest BCUT2D eigenvalue weighted by atomic mass is 9.97. The molecule has 0 spiro atoms. The molecule has 2 N–H and O–H groups in total. The Bertz CT molecular complexity index is 1480. The number of rotatable bonds is 5. The van der Waals surface area contributed by atoms with E-state index in [1.54, 1.807) is 60.5 Å². The van der Waals surface area contributed by atoms with Gasteiger partial charge in [0.1, 0.15) is 5.82 Å². The first kappa shape index (κ1) is 26.2. The molecule has 4 rings (SSSR count). The summed E-state index contributed by atoms with van der Waals surface area (Å²) in [5.41, 5.74) is 3.15. The van der Waals surface area contributed by atoms with Gasteiger partial charge in [-0.25, -0.2) is 22.8 Å². The van der Waals surface area contributed by atoms with Gasteiger partial charge in [-0.2, -0.15) is 5.26 Å². The number of nitrogens with zero attached hydrogens (tertiary/aromatic N) is 3. The van der Waals surface area contributed by atoms with E-state index < -0.39 is 21.6 Å². The summed E-state index contributed by atoms with van der Waals surface area (Å²) in [6, 6.07) is 15.3. The average molecular weight is 524 g/mol. The van der Waals surface area contributed by atoms with Crippen molar-refractivity contribution in [2.45, 2.75) is 37.0 Å². The third-order valence-electron chi connectivity index (χ3n) is 6.43. The lowest BCUT2D eigenvalue weighted by Gasteiger charge is -2.26. The maximum atomic E-state index is 14.1. The molecule has 1 saturated heterocycles. The highest BCUT2D eigenvalue weighted by Gasteiger charge is 2.33. The largest absolute Gasteiger partial charge is 0.356 e. The monoisotopic (exact) mass is 523 g/mol. The van der Waals surface area contributed by atoms with E-state index in [0.717, 1.165) is 5.56 Å². The van der Waals surface area contributed by atoms with Gasteiger partial charge in [0.25, 0.3) is 5.91 Å². The summed E-state index contributed by atoms with van der Waals surface area (Å²) in [6.07, 6.45) is 2.64. The third-order valence-corrected chi connectivity index (χ3v) is 7.58. The normalized spacial score (nSPS) is 16.8. The number of halogens is 2. The van der Waals surface area contributed by atoms with Crippen LogP contribution in [0.25, 0.3) is 11.1 Å². The predicted molar refractivity (Wildman–Crippen MR) is 140 cm³/mol. The van der Waals surface area contributed by atoms with Crippen molar-refractivity contribution >= 4 is 27.1 Å². The first-order valence-corrected chi connectivity index (χ1v) is 13.7. The highest BCUT2D eigenvalue weighted by atomic mass is 32.2. The predicted octanol–water partition coefficient (Wildman–Crippen LogP) is 5.84. The topological polar surface area (TPSA) is 110 Å². The van der Waals surface area contributed by atoms with Crippen molar-refractivity contribution < 1.29 is 17.8 Å². The van der Waals surface area contributed by atoms with Gasteiger partial charge in [0.05, 0.1) is 26.9 Å². The van der Waals surface area contributed by atoms with E-state index in [0.29, 0.717) is 34.7 Å². The molecule has 1 unspecified atom stereocenters. The zero-order valence-electron chi connectivity index (χ0n) is 20.6. The van der Waals surface area contributed by atoms with Crippen LogP contribution in [0.3, 0.4) is 0 Å². The van der Waals surface area contributed by atoms with Crippen LogP contribution >= 0.6 is 0 Å². The Morgan fingerprint density at radius 2 is 1.92 bits per heavy atom. The standard InChI is InChI=1S/C27H27F2N5O2S/c1-18-23(20-9-7-19(16-30)8-10-20)17-32-25(34-13-4-11-27(28,29)12-14-34)24(18)26(35)33-21-5-3-6-22(15-21)37(2,31)36/h3,5-10,15,17,31H,4,11-14H2,1-2H3,(H,33,35). The molecular weight excluding hydrogens is 496 g/mol. The minimum absolute atomic E-state index is 0.0577. The van der Waals surface area contributed by atoms with Gasteiger partial charge >= 0.3 is 0 Å². The van der Waals surface area contributed by atoms with E-state index in [2.05, 4.69) is 16.4 Å². The summed E-state index contributed by atoms with van der Waals surface area (Å²) in [5.74, 6) is -2.93. The number of alkyl halides is 2. The number of amides is 1. The van der Waals surface area contributed by atoms with Crippen LogP contribution < -0.4 is 10.2 Å². The molecule has 0 radical (unpaired) electrons. The van der Waals surface area contributed by atoms with Gasteiger partial charge in [-0.3, -0.25) is 4.79 Å². The van der Waals surface area contributed by atoms with Crippen LogP contribution in [0.2, 0.25) is 0 Å². The molecule has 1 atom stereocenters. The van der Waals surface area contributed by atoms with E-state index in [-0.39, 0.29) is 36.3 Å². The van der Waals surface area contributed by atoms with Crippen molar-refractivity contribution in [2.75, 3.05) is 29.6 Å². The van der Waals surface area contributed by atoms with Crippen LogP contribution in [-0.4, -0.2) is 40.4 Å². The van der Waals surface area contributed by atoms with Crippen molar-refractivity contribution in [3.63, 3.8) is 0 Å². The Balaban J connectivity index is 1.78. The molecule has 2 heterocycles. The van der Waals surface area contributed by atoms with E-state index in [9.17, 15) is 17.8 Å². The molecule has 1 aliphatic heterocycles. The zero-order chi connectivity index (χ0) is 26.8. The van der Waals surface area contributed by atoms with Crippen molar-refractivity contribution in [2.24, 2.45) is 0 Å². The maximum Gasteiger partial charge on any atom is 0.259 e. The Hall–Kier alpha value is -3.84. The molecule has 0 saturated carbocycles. The highest BCUT2D eigenvalue weighted by Crippen LogP contribution is 2.35. The number of pyridine rings is 1. The van der Waals surface area contributed by atoms with E-state index in [1.165, 1.54) is 12.3 Å². The summed E-state index contributed by atoms with van der Waals surface area (Å²) in [5, 5.41) is 11.9. The molecule has 3 aromatic rings. The van der Waals surface area contributed by atoms with Crippen LogP contribution in [-0.2, 0) is 9.73 Å². The quantitative estimate of drug-likeness (QED) is 0.436. The zero-order valence-corrected chi connectivity index (χ0v) is 21.4. The van der Waals surface area contributed by atoms with Crippen LogP contribution in [0, 0.1) is 23.0 Å². The van der Waals surface area contributed by atoms with E-state index >= 15 is 0 Å². The first-order valence-electron chi connectivity index (χ1n) is 11.8. The van der Waals surface area contributed by atoms with E-state index in [1.807, 2.05) is 0 Å². The molecule has 7 nitrogen and oxygen atoms in total. The van der Waals surface area contributed by atoms with E-state index in [4.69, 9.17) is 10.0 Å². The number of nitrogens with one attached hydrogen (secondary N) is 2. The van der Waals surface area contributed by atoms with Gasteiger partial charge in [0, 0.05) is 54.5 Å². The van der Waals surface area contributed by atoms with Crippen molar-refractivity contribution in [1.82, 2.24) is 4.98 Å². The average Bonchev–Trinajstić information content (AvgIpc) is 3.03. The lowest BCUT2D eigenvalue weighted by Crippen LogP contribution is -2.30. The Labute approximate surface area is 215 Å². The van der Waals surface area contributed by atoms with Crippen molar-refractivity contribution in [3.05, 3.63) is 71.4 Å². The Morgan fingerprint density at radius 1 is 1.19 bits per heavy atom. The van der Waals surface area contributed by atoms with Crippen LogP contribution in [0.4, 0.5) is 20.3 Å². The van der Waals surface area contributed by atoms with Crippen LogP contribution in [0.5, 0.6) is 0 Å². The van der Waals surface area contributed by atoms with Crippen LogP contribution in [0.15, 0.2) is 59.6 Å². The Kier molecular flexibility index (Phi) is 7.28. The van der Waals surface area contributed by atoms with Crippen molar-refractivity contribution in [3.8, 4) is 17.2 Å². The molecular formula is C27H27F2N5O2S. The molecule has 192 valence electrons. The summed E-state index contributed by atoms with van der Waals surface area (Å²) < 4.78 is 48.2. The molecule has 1 aliphatic rings. The number of carbonyl (C=O) groups excluding carboxylic acids is 1. The summed E-state index contributed by atoms with van der Waals surface area (Å²) >= 11 is 0. The first-order chi connectivity index (χ1) is 17.5. The van der Waals surface area contributed by atoms with Gasteiger partial charge < -0.3 is 10.2 Å². The molecule has 0 bridgehead atoms. The van der Waals surface area contributed by atoms with Gasteiger partial charge in [-0.1, -0.05) is 18.2 Å². The fourth-order valence-corrected chi connectivity index (χ4v) is 5.09. The third kappa shape index (κ3) is 5.94. The molecule has 1 aromatic heterocycles. The number of hydrogen-bond acceptors (Lipinski definition) is 6. The molecule has 1 amide bonds. The van der Waals surface area contributed by atoms with Gasteiger partial charge in [-0.15, -0.1) is 0 Å². The maximum absolute atomic E-state index is 14.1. The smallest absolute Gasteiger partial charge is 0.259 e. The van der Waals surface area contributed by atoms with Gasteiger partial charge in [0.15, 0.2) is 0 Å². The number of aromatic nitrogens is 1. The second-order valence-electron chi connectivity index (χ2n) is 9.21. The fraction of sp³-hybridized carbons (Fsp3) is 0.296. The summed E-state index contributed by atoms with van der Waals surface area (Å²) in [6.45, 7) is 2.17.